The summed E-state index contributed by atoms with van der Waals surface area (Å²) in [5.74, 6) is 1.44. The van der Waals surface area contributed by atoms with Gasteiger partial charge < -0.3 is 5.32 Å². The fraction of sp³-hybridized carbons (Fsp3) is 0.464. The van der Waals surface area contributed by atoms with Crippen LogP contribution in [0.2, 0.25) is 0 Å². The van der Waals surface area contributed by atoms with Crippen molar-refractivity contribution in [2.24, 2.45) is 11.8 Å². The smallest absolute Gasteiger partial charge is 0.0544 e. The molecule has 0 aliphatic heterocycles. The minimum Gasteiger partial charge on any atom is -0.311 e. The van der Waals surface area contributed by atoms with Gasteiger partial charge in [-0.15, -0.1) is 0 Å². The maximum absolute atomic E-state index is 4.43. The van der Waals surface area contributed by atoms with Gasteiger partial charge in [0.2, 0.25) is 0 Å². The van der Waals surface area contributed by atoms with Gasteiger partial charge in [0, 0.05) is 44.8 Å². The maximum atomic E-state index is 4.43. The van der Waals surface area contributed by atoms with Gasteiger partial charge >= 0.3 is 0 Å². The number of hydrogen-bond donors (Lipinski definition) is 1. The van der Waals surface area contributed by atoms with Crippen LogP contribution >= 0.6 is 0 Å². The van der Waals surface area contributed by atoms with Gasteiger partial charge in [-0.3, -0.25) is 19.9 Å². The third-order valence-corrected chi connectivity index (χ3v) is 5.71. The average molecular weight is 448 g/mol. The summed E-state index contributed by atoms with van der Waals surface area (Å²) in [5, 5.41) is 3.39. The minimum atomic E-state index is 0.683. The van der Waals surface area contributed by atoms with Gasteiger partial charge in [0.05, 0.1) is 17.1 Å². The van der Waals surface area contributed by atoms with E-state index in [0.29, 0.717) is 5.92 Å². The zero-order valence-corrected chi connectivity index (χ0v) is 20.8. The highest BCUT2D eigenvalue weighted by Gasteiger charge is 2.11. The molecule has 0 amide bonds. The van der Waals surface area contributed by atoms with Gasteiger partial charge in [0.25, 0.3) is 0 Å². The van der Waals surface area contributed by atoms with E-state index in [9.17, 15) is 0 Å². The monoisotopic (exact) mass is 447 g/mol. The van der Waals surface area contributed by atoms with Crippen LogP contribution in [0.4, 0.5) is 0 Å². The van der Waals surface area contributed by atoms with Crippen molar-refractivity contribution in [1.82, 2.24) is 25.2 Å². The van der Waals surface area contributed by atoms with Crippen LogP contribution in [0.3, 0.4) is 0 Å². The number of hydrogen-bond acceptors (Lipinski definition) is 5. The van der Waals surface area contributed by atoms with Crippen LogP contribution in [0.15, 0.2) is 73.2 Å². The highest BCUT2D eigenvalue weighted by Crippen LogP contribution is 2.11. The van der Waals surface area contributed by atoms with E-state index in [0.717, 1.165) is 55.7 Å². The first-order valence-corrected chi connectivity index (χ1v) is 12.2. The molecule has 0 saturated carbocycles. The van der Waals surface area contributed by atoms with Crippen LogP contribution < -0.4 is 5.32 Å². The Bertz CT molecular complexity index is 800. The lowest BCUT2D eigenvalue weighted by Gasteiger charge is -2.24. The van der Waals surface area contributed by atoms with Gasteiger partial charge in [-0.05, 0) is 54.8 Å². The zero-order chi connectivity index (χ0) is 23.7. The molecule has 3 aromatic rings. The third kappa shape index (κ3) is 11.7. The van der Waals surface area contributed by atoms with E-state index >= 15 is 0 Å². The molecule has 0 aliphatic carbocycles. The summed E-state index contributed by atoms with van der Waals surface area (Å²) in [6.45, 7) is 13.8. The highest BCUT2D eigenvalue weighted by atomic mass is 15.1. The Labute approximate surface area is 200 Å². The van der Waals surface area contributed by atoms with Gasteiger partial charge in [-0.25, -0.2) is 0 Å². The van der Waals surface area contributed by atoms with Gasteiger partial charge in [-0.2, -0.15) is 0 Å². The van der Waals surface area contributed by atoms with Crippen molar-refractivity contribution in [2.45, 2.75) is 60.2 Å². The zero-order valence-electron chi connectivity index (χ0n) is 20.8. The molecule has 3 aromatic heterocycles. The van der Waals surface area contributed by atoms with Crippen LogP contribution in [0.1, 0.15) is 57.6 Å². The molecule has 3 rings (SSSR count). The largest absolute Gasteiger partial charge is 0.311 e. The average Bonchev–Trinajstić information content (AvgIpc) is 2.86. The predicted octanol–water partition coefficient (Wildman–Crippen LogP) is 5.74. The lowest BCUT2D eigenvalue weighted by molar-refractivity contribution is 0.214. The van der Waals surface area contributed by atoms with Gasteiger partial charge in [0.15, 0.2) is 0 Å². The number of rotatable bonds is 12. The van der Waals surface area contributed by atoms with Crippen molar-refractivity contribution in [1.29, 1.82) is 0 Å². The van der Waals surface area contributed by atoms with E-state index in [1.165, 1.54) is 12.8 Å². The summed E-state index contributed by atoms with van der Waals surface area (Å²) < 4.78 is 0. The lowest BCUT2D eigenvalue weighted by Crippen LogP contribution is -2.28. The van der Waals surface area contributed by atoms with Crippen LogP contribution in [0.25, 0.3) is 0 Å². The van der Waals surface area contributed by atoms with Crippen molar-refractivity contribution in [3.8, 4) is 0 Å². The highest BCUT2D eigenvalue weighted by molar-refractivity contribution is 5.06. The number of pyridine rings is 3. The second kappa shape index (κ2) is 16.1. The fourth-order valence-electron chi connectivity index (χ4n) is 3.29. The summed E-state index contributed by atoms with van der Waals surface area (Å²) in [7, 11) is 0. The predicted molar refractivity (Wildman–Crippen MR) is 137 cm³/mol. The molecule has 5 nitrogen and oxygen atoms in total. The molecular formula is C28H41N5. The number of nitrogens with one attached hydrogen (secondary N) is 1. The molecule has 178 valence electrons. The van der Waals surface area contributed by atoms with Crippen LogP contribution in [0.5, 0.6) is 0 Å². The molecule has 1 N–H and O–H groups in total. The summed E-state index contributed by atoms with van der Waals surface area (Å²) in [5.41, 5.74) is 3.35. The maximum Gasteiger partial charge on any atom is 0.0544 e. The van der Waals surface area contributed by atoms with E-state index in [1.807, 2.05) is 61.1 Å². The van der Waals surface area contributed by atoms with Gasteiger partial charge in [-0.1, -0.05) is 58.7 Å². The second-order valence-electron chi connectivity index (χ2n) is 8.79. The number of aromatic nitrogens is 3. The first-order chi connectivity index (χ1) is 16.1. The topological polar surface area (TPSA) is 53.9 Å². The molecular weight excluding hydrogens is 406 g/mol. The van der Waals surface area contributed by atoms with Crippen molar-refractivity contribution in [3.63, 3.8) is 0 Å². The molecule has 0 spiro atoms. The van der Waals surface area contributed by atoms with Gasteiger partial charge in [0.1, 0.15) is 0 Å². The molecule has 0 radical (unpaired) electrons. The second-order valence-corrected chi connectivity index (χ2v) is 8.79. The molecule has 33 heavy (non-hydrogen) atoms. The quantitative estimate of drug-likeness (QED) is 0.383. The third-order valence-electron chi connectivity index (χ3n) is 5.71. The molecule has 2 atom stereocenters. The lowest BCUT2D eigenvalue weighted by atomic mass is 10.1. The Hall–Kier alpha value is -2.63. The van der Waals surface area contributed by atoms with E-state index in [2.05, 4.69) is 65.0 Å². The molecule has 0 aromatic carbocycles. The SMILES string of the molecule is CCC(C)CN(Cc1ccccn1)Cc1ccccn1.CCC(C)CNCc1ccccn1. The molecule has 3 heterocycles. The molecule has 0 fully saturated rings. The van der Waals surface area contributed by atoms with Crippen LogP contribution in [0, 0.1) is 11.8 Å². The molecule has 2 unspecified atom stereocenters. The van der Waals surface area contributed by atoms with E-state index in [-0.39, 0.29) is 0 Å². The summed E-state index contributed by atoms with van der Waals surface area (Å²) in [6.07, 6.45) is 7.98. The molecule has 0 saturated heterocycles. The summed E-state index contributed by atoms with van der Waals surface area (Å²) in [6, 6.07) is 18.2. The van der Waals surface area contributed by atoms with E-state index in [4.69, 9.17) is 0 Å². The minimum absolute atomic E-state index is 0.683. The first kappa shape index (κ1) is 26.6. The number of nitrogens with zero attached hydrogens (tertiary/aromatic N) is 4. The Morgan fingerprint density at radius 2 is 1.18 bits per heavy atom. The van der Waals surface area contributed by atoms with Crippen molar-refractivity contribution >= 4 is 0 Å². The normalized spacial score (nSPS) is 12.6. The Morgan fingerprint density at radius 3 is 1.61 bits per heavy atom. The molecule has 5 heteroatoms. The fourth-order valence-corrected chi connectivity index (χ4v) is 3.29. The molecule has 0 aliphatic rings. The van der Waals surface area contributed by atoms with Crippen molar-refractivity contribution in [2.75, 3.05) is 13.1 Å². The Balaban J connectivity index is 0.000000257. The Kier molecular flexibility index (Phi) is 13.0. The van der Waals surface area contributed by atoms with Crippen molar-refractivity contribution < 1.29 is 0 Å². The van der Waals surface area contributed by atoms with Crippen LogP contribution in [-0.2, 0) is 19.6 Å². The summed E-state index contributed by atoms with van der Waals surface area (Å²) in [4.78, 5) is 15.5. The van der Waals surface area contributed by atoms with Crippen LogP contribution in [-0.4, -0.2) is 32.9 Å². The van der Waals surface area contributed by atoms with Crippen molar-refractivity contribution in [3.05, 3.63) is 90.3 Å². The Morgan fingerprint density at radius 1 is 0.697 bits per heavy atom. The van der Waals surface area contributed by atoms with E-state index < -0.39 is 0 Å². The van der Waals surface area contributed by atoms with E-state index in [1.54, 1.807) is 0 Å². The summed E-state index contributed by atoms with van der Waals surface area (Å²) >= 11 is 0. The first-order valence-electron chi connectivity index (χ1n) is 12.2. The molecule has 0 bridgehead atoms. The standard InChI is InChI=1S/C17H23N3.C11H18N2/c1-3-15(2)12-20(13-16-8-4-6-10-18-16)14-17-9-5-7-11-19-17;1-3-10(2)8-12-9-11-6-4-5-7-13-11/h4-11,15H,3,12-14H2,1-2H3;4-7,10,12H,3,8-9H2,1-2H3.